The van der Waals surface area contributed by atoms with E-state index < -0.39 is 9.84 Å². The fraction of sp³-hybridized carbons (Fsp3) is 0.733. The summed E-state index contributed by atoms with van der Waals surface area (Å²) in [5.41, 5.74) is 0.901. The Morgan fingerprint density at radius 2 is 1.95 bits per heavy atom. The molecule has 3 rings (SSSR count). The Kier molecular flexibility index (Phi) is 4.25. The van der Waals surface area contributed by atoms with Crippen LogP contribution in [0.2, 0.25) is 0 Å². The molecule has 0 aromatic carbocycles. The van der Waals surface area contributed by atoms with Crippen molar-refractivity contribution in [3.8, 4) is 0 Å². The Labute approximate surface area is 132 Å². The largest absolute Gasteiger partial charge is 0.367 e. The fourth-order valence-electron chi connectivity index (χ4n) is 3.31. The summed E-state index contributed by atoms with van der Waals surface area (Å²) >= 11 is 0. The van der Waals surface area contributed by atoms with Crippen molar-refractivity contribution in [3.63, 3.8) is 0 Å². The van der Waals surface area contributed by atoms with Crippen LogP contribution in [0.15, 0.2) is 6.07 Å². The lowest BCUT2D eigenvalue weighted by atomic mass is 10.2. The summed E-state index contributed by atoms with van der Waals surface area (Å²) in [4.78, 5) is 11.0. The highest BCUT2D eigenvalue weighted by Crippen LogP contribution is 2.24. The molecule has 0 spiro atoms. The summed E-state index contributed by atoms with van der Waals surface area (Å²) in [7, 11) is -1.01. The van der Waals surface area contributed by atoms with Gasteiger partial charge in [0, 0.05) is 30.9 Å². The maximum absolute atomic E-state index is 11.7. The van der Waals surface area contributed by atoms with E-state index in [0.29, 0.717) is 18.4 Å². The minimum Gasteiger partial charge on any atom is -0.367 e. The molecule has 1 aliphatic carbocycles. The molecule has 6 nitrogen and oxygen atoms in total. The van der Waals surface area contributed by atoms with E-state index in [-0.39, 0.29) is 17.5 Å². The Bertz CT molecular complexity index is 641. The monoisotopic (exact) mass is 324 g/mol. The van der Waals surface area contributed by atoms with E-state index in [2.05, 4.69) is 15.3 Å². The summed E-state index contributed by atoms with van der Waals surface area (Å²) in [5, 5.41) is 3.49. The van der Waals surface area contributed by atoms with Crippen molar-refractivity contribution in [2.75, 3.05) is 28.8 Å². The molecule has 0 bridgehead atoms. The van der Waals surface area contributed by atoms with Gasteiger partial charge in [0.2, 0.25) is 5.95 Å². The molecule has 1 aromatic heterocycles. The average Bonchev–Trinajstić information content (AvgIpc) is 3.06. The number of anilines is 2. The number of sulfone groups is 1. The highest BCUT2D eigenvalue weighted by atomic mass is 32.2. The van der Waals surface area contributed by atoms with Gasteiger partial charge in [-0.25, -0.2) is 13.4 Å². The molecule has 1 N–H and O–H groups in total. The van der Waals surface area contributed by atoms with Gasteiger partial charge in [0.1, 0.15) is 5.82 Å². The van der Waals surface area contributed by atoms with E-state index in [1.54, 1.807) is 0 Å². The minimum atomic E-state index is -2.90. The van der Waals surface area contributed by atoms with Crippen molar-refractivity contribution in [3.05, 3.63) is 11.8 Å². The fourth-order valence-corrected chi connectivity index (χ4v) is 5.08. The van der Waals surface area contributed by atoms with Crippen LogP contribution in [-0.4, -0.2) is 49.0 Å². The van der Waals surface area contributed by atoms with E-state index in [1.807, 2.05) is 24.9 Å². The molecule has 122 valence electrons. The summed E-state index contributed by atoms with van der Waals surface area (Å²) in [6.45, 7) is 1.95. The van der Waals surface area contributed by atoms with Gasteiger partial charge >= 0.3 is 0 Å². The van der Waals surface area contributed by atoms with E-state index >= 15 is 0 Å². The smallest absolute Gasteiger partial charge is 0.227 e. The van der Waals surface area contributed by atoms with Gasteiger partial charge in [-0.2, -0.15) is 4.98 Å². The summed E-state index contributed by atoms with van der Waals surface area (Å²) in [6, 6.07) is 2.44. The first-order valence-electron chi connectivity index (χ1n) is 7.98. The average molecular weight is 324 g/mol. The van der Waals surface area contributed by atoms with Crippen LogP contribution in [0.25, 0.3) is 0 Å². The molecule has 1 atom stereocenters. The second kappa shape index (κ2) is 6.02. The van der Waals surface area contributed by atoms with Crippen LogP contribution in [-0.2, 0) is 9.84 Å². The molecule has 7 heteroatoms. The van der Waals surface area contributed by atoms with Crippen molar-refractivity contribution < 1.29 is 8.42 Å². The first-order chi connectivity index (χ1) is 10.4. The van der Waals surface area contributed by atoms with Crippen molar-refractivity contribution in [2.24, 2.45) is 0 Å². The molecule has 2 aliphatic rings. The van der Waals surface area contributed by atoms with E-state index in [9.17, 15) is 8.42 Å². The minimum absolute atomic E-state index is 0.0221. The van der Waals surface area contributed by atoms with Crippen molar-refractivity contribution in [1.29, 1.82) is 0 Å². The summed E-state index contributed by atoms with van der Waals surface area (Å²) in [5.74, 6) is 1.93. The van der Waals surface area contributed by atoms with E-state index in [0.717, 1.165) is 11.5 Å². The lowest BCUT2D eigenvalue weighted by Crippen LogP contribution is -2.34. The van der Waals surface area contributed by atoms with Gasteiger partial charge in [0.25, 0.3) is 0 Å². The lowest BCUT2D eigenvalue weighted by molar-refractivity contribution is 0.600. The number of rotatable bonds is 4. The number of nitrogens with zero attached hydrogens (tertiary/aromatic N) is 3. The van der Waals surface area contributed by atoms with Crippen LogP contribution in [0.4, 0.5) is 11.8 Å². The molecular formula is C15H24N4O2S. The first kappa shape index (κ1) is 15.5. The van der Waals surface area contributed by atoms with E-state index in [4.69, 9.17) is 0 Å². The third-order valence-electron chi connectivity index (χ3n) is 4.62. The lowest BCUT2D eigenvalue weighted by Gasteiger charge is -2.24. The van der Waals surface area contributed by atoms with Crippen LogP contribution < -0.4 is 10.2 Å². The van der Waals surface area contributed by atoms with Gasteiger partial charge in [-0.3, -0.25) is 0 Å². The topological polar surface area (TPSA) is 75.2 Å². The molecule has 22 heavy (non-hydrogen) atoms. The Hall–Kier alpha value is -1.37. The second-order valence-electron chi connectivity index (χ2n) is 6.49. The van der Waals surface area contributed by atoms with Crippen LogP contribution in [0.5, 0.6) is 0 Å². The van der Waals surface area contributed by atoms with Crippen LogP contribution in [0, 0.1) is 6.92 Å². The number of hydrogen-bond acceptors (Lipinski definition) is 6. The predicted molar refractivity (Wildman–Crippen MR) is 88.1 cm³/mol. The number of nitrogens with one attached hydrogen (secondary N) is 1. The zero-order valence-electron chi connectivity index (χ0n) is 13.2. The molecule has 2 fully saturated rings. The number of aryl methyl sites for hydroxylation is 1. The molecule has 1 saturated carbocycles. The Morgan fingerprint density at radius 1 is 1.23 bits per heavy atom. The van der Waals surface area contributed by atoms with Gasteiger partial charge in [0.15, 0.2) is 9.84 Å². The molecule has 1 aliphatic heterocycles. The van der Waals surface area contributed by atoms with Gasteiger partial charge in [-0.05, 0) is 26.2 Å². The Balaban J connectivity index is 1.76. The van der Waals surface area contributed by atoms with Gasteiger partial charge < -0.3 is 10.2 Å². The van der Waals surface area contributed by atoms with Crippen molar-refractivity contribution >= 4 is 21.6 Å². The van der Waals surface area contributed by atoms with Crippen molar-refractivity contribution in [1.82, 2.24) is 9.97 Å². The molecule has 1 saturated heterocycles. The maximum atomic E-state index is 11.7. The molecular weight excluding hydrogens is 300 g/mol. The predicted octanol–water partition coefficient (Wildman–Crippen LogP) is 1.76. The third-order valence-corrected chi connectivity index (χ3v) is 6.37. The second-order valence-corrected chi connectivity index (χ2v) is 8.72. The summed E-state index contributed by atoms with van der Waals surface area (Å²) in [6.07, 6.45) is 5.58. The highest BCUT2D eigenvalue weighted by Gasteiger charge is 2.32. The quantitative estimate of drug-likeness (QED) is 0.909. The highest BCUT2D eigenvalue weighted by molar-refractivity contribution is 7.91. The normalized spacial score (nSPS) is 24.5. The first-order valence-corrected chi connectivity index (χ1v) is 9.80. The van der Waals surface area contributed by atoms with Gasteiger partial charge in [0.05, 0.1) is 11.5 Å². The molecule has 0 radical (unpaired) electrons. The molecule has 1 unspecified atom stereocenters. The molecule has 1 aromatic rings. The van der Waals surface area contributed by atoms with Crippen LogP contribution in [0.3, 0.4) is 0 Å². The zero-order valence-corrected chi connectivity index (χ0v) is 14.1. The zero-order chi connectivity index (χ0) is 15.7. The molecule has 0 amide bonds. The number of hydrogen-bond donors (Lipinski definition) is 1. The molecule has 2 heterocycles. The van der Waals surface area contributed by atoms with Crippen molar-refractivity contribution in [2.45, 2.75) is 51.1 Å². The van der Waals surface area contributed by atoms with E-state index in [1.165, 1.54) is 25.7 Å². The number of aromatic nitrogens is 2. The Morgan fingerprint density at radius 3 is 2.59 bits per heavy atom. The van der Waals surface area contributed by atoms with Crippen LogP contribution >= 0.6 is 0 Å². The van der Waals surface area contributed by atoms with Crippen LogP contribution in [0.1, 0.15) is 37.8 Å². The third kappa shape index (κ3) is 3.51. The standard InChI is InChI=1S/C15H24N4O2S/c1-11-9-14(17-12-5-3-4-6-12)18-15(16-11)19(2)13-7-8-22(20,21)10-13/h9,12-13H,3-8,10H2,1-2H3,(H,16,17,18). The van der Waals surface area contributed by atoms with Gasteiger partial charge in [-0.1, -0.05) is 12.8 Å². The SMILES string of the molecule is Cc1cc(NC2CCCC2)nc(N(C)C2CCS(=O)(=O)C2)n1. The van der Waals surface area contributed by atoms with Gasteiger partial charge in [-0.15, -0.1) is 0 Å². The maximum Gasteiger partial charge on any atom is 0.227 e. The summed E-state index contributed by atoms with van der Waals surface area (Å²) < 4.78 is 23.3.